The Labute approximate surface area is 73.9 Å². The number of carbonyl (C=O) groups excluding carboxylic acids is 1. The Morgan fingerprint density at radius 2 is 2.17 bits per heavy atom. The van der Waals surface area contributed by atoms with E-state index in [1.165, 1.54) is 18.8 Å². The maximum absolute atomic E-state index is 10.7. The normalized spacial score (nSPS) is 10.8. The van der Waals surface area contributed by atoms with Crippen LogP contribution in [-0.4, -0.2) is 29.4 Å². The third-order valence-corrected chi connectivity index (χ3v) is 1.60. The van der Waals surface area contributed by atoms with E-state index in [1.54, 1.807) is 13.2 Å². The van der Waals surface area contributed by atoms with Gasteiger partial charge in [0.25, 0.3) is 0 Å². The van der Waals surface area contributed by atoms with E-state index in [1.807, 2.05) is 0 Å². The lowest BCUT2D eigenvalue weighted by molar-refractivity contribution is 0.115. The molecule has 1 amide bonds. The first kappa shape index (κ1) is 10.9. The summed E-state index contributed by atoms with van der Waals surface area (Å²) >= 11 is 1.33. The molecule has 0 aromatic heterocycles. The van der Waals surface area contributed by atoms with E-state index in [2.05, 4.69) is 15.3 Å². The lowest BCUT2D eigenvalue weighted by Crippen LogP contribution is -2.19. The largest absolute Gasteiger partial charge is 0.458 e. The summed E-state index contributed by atoms with van der Waals surface area (Å²) in [5.74, 6) is 0. The van der Waals surface area contributed by atoms with Gasteiger partial charge in [-0.05, 0) is 13.2 Å². The zero-order valence-corrected chi connectivity index (χ0v) is 7.79. The van der Waals surface area contributed by atoms with Crippen molar-refractivity contribution in [3.63, 3.8) is 0 Å². The Hall–Kier alpha value is -1.11. The van der Waals surface area contributed by atoms with Gasteiger partial charge < -0.3 is 0 Å². The van der Waals surface area contributed by atoms with Crippen LogP contribution in [0.15, 0.2) is 10.4 Å². The number of amides is 1. The van der Waals surface area contributed by atoms with Crippen molar-refractivity contribution >= 4 is 22.9 Å². The average molecular weight is 191 g/mol. The Morgan fingerprint density at radius 3 is 2.58 bits per heavy atom. The summed E-state index contributed by atoms with van der Waals surface area (Å²) in [5, 5.41) is 6.82. The lowest BCUT2D eigenvalue weighted by atomic mass is 10.9. The van der Waals surface area contributed by atoms with Gasteiger partial charge in [0.05, 0.1) is 5.29 Å². The fourth-order valence-electron chi connectivity index (χ4n) is 0.233. The Balaban J connectivity index is 3.94. The van der Waals surface area contributed by atoms with Crippen LogP contribution in [0, 0.1) is 4.91 Å². The minimum atomic E-state index is -0.904. The van der Waals surface area contributed by atoms with Gasteiger partial charge in [-0.3, -0.25) is 4.84 Å². The zero-order valence-electron chi connectivity index (χ0n) is 6.97. The second-order valence-corrected chi connectivity index (χ2v) is 2.78. The maximum atomic E-state index is 10.7. The van der Waals surface area contributed by atoms with Crippen LogP contribution < -0.4 is 0 Å². The molecular formula is C5H9N3O3S. The van der Waals surface area contributed by atoms with Crippen molar-refractivity contribution in [2.24, 2.45) is 10.4 Å². The number of hydrogen-bond acceptors (Lipinski definition) is 6. The first-order valence-corrected chi connectivity index (χ1v) is 4.20. The van der Waals surface area contributed by atoms with Crippen molar-refractivity contribution in [1.82, 2.24) is 5.01 Å². The molecule has 0 heterocycles. The van der Waals surface area contributed by atoms with Crippen LogP contribution >= 0.6 is 11.8 Å². The maximum Gasteiger partial charge on any atom is 0.458 e. The van der Waals surface area contributed by atoms with Crippen molar-refractivity contribution in [1.29, 1.82) is 0 Å². The molecule has 0 spiro atoms. The van der Waals surface area contributed by atoms with Crippen molar-refractivity contribution < 1.29 is 9.63 Å². The van der Waals surface area contributed by atoms with Crippen molar-refractivity contribution in [2.45, 2.75) is 6.92 Å². The van der Waals surface area contributed by atoms with Crippen LogP contribution in [0.3, 0.4) is 0 Å². The molecule has 0 unspecified atom stereocenters. The number of rotatable bonds is 2. The van der Waals surface area contributed by atoms with Crippen LogP contribution in [-0.2, 0) is 4.84 Å². The first-order valence-electron chi connectivity index (χ1n) is 2.98. The molecule has 68 valence electrons. The minimum absolute atomic E-state index is 0.511. The smallest absolute Gasteiger partial charge is 0.296 e. The fraction of sp³-hybridized carbons (Fsp3) is 0.600. The molecule has 0 N–H and O–H groups in total. The molecule has 0 saturated heterocycles. The van der Waals surface area contributed by atoms with Gasteiger partial charge in [0.2, 0.25) is 0 Å². The molecule has 0 fully saturated rings. The SMILES string of the molecule is CS/C(C)=N\OC(=O)N(C)N=O. The lowest BCUT2D eigenvalue weighted by Gasteiger charge is -2.02. The number of nitrogens with zero attached hydrogens (tertiary/aromatic N) is 3. The molecule has 7 heteroatoms. The van der Waals surface area contributed by atoms with Crippen molar-refractivity contribution in [3.8, 4) is 0 Å². The molecule has 0 aromatic carbocycles. The summed E-state index contributed by atoms with van der Waals surface area (Å²) in [6.45, 7) is 1.67. The van der Waals surface area contributed by atoms with E-state index in [0.717, 1.165) is 0 Å². The quantitative estimate of drug-likeness (QED) is 0.217. The Morgan fingerprint density at radius 1 is 1.58 bits per heavy atom. The van der Waals surface area contributed by atoms with Gasteiger partial charge >= 0.3 is 6.09 Å². The van der Waals surface area contributed by atoms with E-state index in [9.17, 15) is 9.70 Å². The summed E-state index contributed by atoms with van der Waals surface area (Å²) in [6.07, 6.45) is 0.882. The third kappa shape index (κ3) is 3.91. The van der Waals surface area contributed by atoms with E-state index < -0.39 is 6.09 Å². The van der Waals surface area contributed by atoms with E-state index in [0.29, 0.717) is 10.1 Å². The molecular weight excluding hydrogens is 182 g/mol. The zero-order chi connectivity index (χ0) is 9.56. The molecule has 12 heavy (non-hydrogen) atoms. The van der Waals surface area contributed by atoms with Crippen LogP contribution in [0.4, 0.5) is 4.79 Å². The summed E-state index contributed by atoms with van der Waals surface area (Å²) in [5.41, 5.74) is 0. The Bertz CT molecular complexity index is 206. The second-order valence-electron chi connectivity index (χ2n) is 1.78. The van der Waals surface area contributed by atoms with Gasteiger partial charge in [0, 0.05) is 7.05 Å². The molecule has 0 aliphatic heterocycles. The van der Waals surface area contributed by atoms with E-state index >= 15 is 0 Å². The predicted molar refractivity (Wildman–Crippen MR) is 46.7 cm³/mol. The summed E-state index contributed by atoms with van der Waals surface area (Å²) in [6, 6.07) is 0. The molecule has 6 nitrogen and oxygen atoms in total. The van der Waals surface area contributed by atoms with Crippen LogP contribution in [0.1, 0.15) is 6.92 Å². The molecule has 0 bridgehead atoms. The number of thioether (sulfide) groups is 1. The molecule has 0 radical (unpaired) electrons. The Kier molecular flexibility index (Phi) is 5.02. The van der Waals surface area contributed by atoms with Crippen LogP contribution in [0.5, 0.6) is 0 Å². The van der Waals surface area contributed by atoms with Crippen molar-refractivity contribution in [2.75, 3.05) is 13.3 Å². The first-order chi connectivity index (χ1) is 5.61. The summed E-state index contributed by atoms with van der Waals surface area (Å²) < 4.78 is 0. The topological polar surface area (TPSA) is 71.3 Å². The third-order valence-electron chi connectivity index (χ3n) is 0.934. The number of carbonyl (C=O) groups is 1. The minimum Gasteiger partial charge on any atom is -0.296 e. The molecule has 0 atom stereocenters. The number of oxime groups is 1. The van der Waals surface area contributed by atoms with Gasteiger partial charge in [-0.15, -0.1) is 16.7 Å². The van der Waals surface area contributed by atoms with Crippen LogP contribution in [0.25, 0.3) is 0 Å². The predicted octanol–water partition coefficient (Wildman–Crippen LogP) is 1.43. The van der Waals surface area contributed by atoms with Crippen molar-refractivity contribution in [3.05, 3.63) is 4.91 Å². The summed E-state index contributed by atoms with van der Waals surface area (Å²) in [4.78, 5) is 24.8. The molecule has 0 saturated carbocycles. The highest BCUT2D eigenvalue weighted by molar-refractivity contribution is 8.13. The number of hydrogen-bond donors (Lipinski definition) is 0. The molecule has 0 rings (SSSR count). The highest BCUT2D eigenvalue weighted by Crippen LogP contribution is 1.98. The monoisotopic (exact) mass is 191 g/mol. The van der Waals surface area contributed by atoms with Gasteiger partial charge in [-0.2, -0.15) is 5.01 Å². The van der Waals surface area contributed by atoms with Gasteiger partial charge in [0.1, 0.15) is 5.04 Å². The standard InChI is InChI=1S/C5H9N3O3S/c1-4(12-3)6-11-5(9)8(2)7-10/h1-3H3/b6-4-. The van der Waals surface area contributed by atoms with Gasteiger partial charge in [0.15, 0.2) is 0 Å². The highest BCUT2D eigenvalue weighted by atomic mass is 32.2. The summed E-state index contributed by atoms with van der Waals surface area (Å²) in [7, 11) is 1.18. The van der Waals surface area contributed by atoms with Gasteiger partial charge in [-0.25, -0.2) is 4.79 Å². The molecule has 0 aliphatic rings. The molecule has 0 aliphatic carbocycles. The van der Waals surface area contributed by atoms with E-state index in [4.69, 9.17) is 0 Å². The van der Waals surface area contributed by atoms with Crippen LogP contribution in [0.2, 0.25) is 0 Å². The van der Waals surface area contributed by atoms with E-state index in [-0.39, 0.29) is 0 Å². The highest BCUT2D eigenvalue weighted by Gasteiger charge is 2.09. The second kappa shape index (κ2) is 5.53. The van der Waals surface area contributed by atoms with Gasteiger partial charge in [-0.1, -0.05) is 5.16 Å². The number of nitroso groups, excluding NO2 is 1. The average Bonchev–Trinajstić information content (AvgIpc) is 2.11. The fourth-order valence-corrected chi connectivity index (χ4v) is 0.345. The molecule has 0 aromatic rings.